The number of rotatable bonds is 4. The standard InChI is InChI=1S/C18H24FN7O/c19-15-3-5-16(6-4-15)23-8-10-24(11-9-23)17-2-1-7-25(12-17)18(27)13-26-14-20-21-22-26/h3-6,14,17H,1-2,7-13H2/t17-/m1/s1. The molecule has 3 heterocycles. The van der Waals surface area contributed by atoms with Crippen LogP contribution in [0.5, 0.6) is 0 Å². The maximum absolute atomic E-state index is 13.1. The Bertz CT molecular complexity index is 744. The third kappa shape index (κ3) is 4.24. The van der Waals surface area contributed by atoms with E-state index in [1.54, 1.807) is 0 Å². The smallest absolute Gasteiger partial charge is 0.244 e. The van der Waals surface area contributed by atoms with E-state index >= 15 is 0 Å². The molecule has 27 heavy (non-hydrogen) atoms. The predicted molar refractivity (Wildman–Crippen MR) is 97.6 cm³/mol. The average molecular weight is 373 g/mol. The molecule has 9 heteroatoms. The Morgan fingerprint density at radius 3 is 2.59 bits per heavy atom. The molecule has 2 aromatic rings. The first-order valence-corrected chi connectivity index (χ1v) is 9.42. The molecule has 0 bridgehead atoms. The van der Waals surface area contributed by atoms with Gasteiger partial charge in [0.25, 0.3) is 0 Å². The highest BCUT2D eigenvalue weighted by atomic mass is 19.1. The van der Waals surface area contributed by atoms with E-state index < -0.39 is 0 Å². The van der Waals surface area contributed by atoms with Crippen molar-refractivity contribution in [1.29, 1.82) is 0 Å². The summed E-state index contributed by atoms with van der Waals surface area (Å²) in [6, 6.07) is 7.09. The van der Waals surface area contributed by atoms with Gasteiger partial charge in [0.1, 0.15) is 18.7 Å². The van der Waals surface area contributed by atoms with E-state index in [2.05, 4.69) is 25.3 Å². The molecule has 0 aliphatic carbocycles. The summed E-state index contributed by atoms with van der Waals surface area (Å²) in [4.78, 5) is 19.2. The lowest BCUT2D eigenvalue weighted by molar-refractivity contribution is -0.134. The molecule has 0 unspecified atom stereocenters. The number of anilines is 1. The Balaban J connectivity index is 1.30. The van der Waals surface area contributed by atoms with Crippen molar-refractivity contribution in [3.63, 3.8) is 0 Å². The van der Waals surface area contributed by atoms with Crippen molar-refractivity contribution in [3.05, 3.63) is 36.4 Å². The van der Waals surface area contributed by atoms with Gasteiger partial charge in [0.2, 0.25) is 5.91 Å². The summed E-state index contributed by atoms with van der Waals surface area (Å²) in [5.41, 5.74) is 1.07. The third-order valence-corrected chi connectivity index (χ3v) is 5.46. The third-order valence-electron chi connectivity index (χ3n) is 5.46. The van der Waals surface area contributed by atoms with Crippen LogP contribution < -0.4 is 4.90 Å². The molecule has 1 atom stereocenters. The van der Waals surface area contributed by atoms with Crippen LogP contribution in [0, 0.1) is 5.82 Å². The molecule has 0 N–H and O–H groups in total. The number of halogens is 1. The Labute approximate surface area is 157 Å². The maximum Gasteiger partial charge on any atom is 0.244 e. The first-order chi connectivity index (χ1) is 13.2. The van der Waals surface area contributed by atoms with Gasteiger partial charge in [-0.15, -0.1) is 5.10 Å². The number of amides is 1. The number of likely N-dealkylation sites (tertiary alicyclic amines) is 1. The molecular formula is C18H24FN7O. The average Bonchev–Trinajstić information content (AvgIpc) is 3.22. The van der Waals surface area contributed by atoms with Crippen molar-refractivity contribution in [2.75, 3.05) is 44.2 Å². The second-order valence-corrected chi connectivity index (χ2v) is 7.14. The van der Waals surface area contributed by atoms with Gasteiger partial charge in [0.05, 0.1) is 0 Å². The van der Waals surface area contributed by atoms with E-state index in [-0.39, 0.29) is 18.3 Å². The Morgan fingerprint density at radius 2 is 1.89 bits per heavy atom. The maximum atomic E-state index is 13.1. The molecule has 144 valence electrons. The summed E-state index contributed by atoms with van der Waals surface area (Å²) >= 11 is 0. The van der Waals surface area contributed by atoms with E-state index in [1.807, 2.05) is 17.0 Å². The van der Waals surface area contributed by atoms with E-state index in [9.17, 15) is 9.18 Å². The fraction of sp³-hybridized carbons (Fsp3) is 0.556. The predicted octanol–water partition coefficient (Wildman–Crippen LogP) is 0.625. The molecule has 2 fully saturated rings. The minimum atomic E-state index is -0.203. The number of carbonyl (C=O) groups excluding carboxylic acids is 1. The summed E-state index contributed by atoms with van der Waals surface area (Å²) in [6.45, 7) is 5.50. The van der Waals surface area contributed by atoms with E-state index in [0.717, 1.165) is 57.8 Å². The monoisotopic (exact) mass is 373 g/mol. The molecule has 1 aromatic carbocycles. The second kappa shape index (κ2) is 7.99. The summed E-state index contributed by atoms with van der Waals surface area (Å²) in [5, 5.41) is 10.9. The molecule has 0 saturated carbocycles. The molecule has 1 amide bonds. The molecule has 4 rings (SSSR count). The fourth-order valence-corrected chi connectivity index (χ4v) is 3.97. The number of piperidine rings is 1. The van der Waals surface area contributed by atoms with Gasteiger partial charge in [0, 0.05) is 51.0 Å². The summed E-state index contributed by atoms with van der Waals surface area (Å²) in [6.07, 6.45) is 3.60. The molecule has 2 saturated heterocycles. The van der Waals surface area contributed by atoms with Crippen LogP contribution >= 0.6 is 0 Å². The van der Waals surface area contributed by atoms with Gasteiger partial charge < -0.3 is 9.80 Å². The van der Waals surface area contributed by atoms with Crippen molar-refractivity contribution in [1.82, 2.24) is 30.0 Å². The zero-order valence-corrected chi connectivity index (χ0v) is 15.2. The molecule has 8 nitrogen and oxygen atoms in total. The first-order valence-electron chi connectivity index (χ1n) is 9.42. The second-order valence-electron chi connectivity index (χ2n) is 7.14. The van der Waals surface area contributed by atoms with Gasteiger partial charge in [0.15, 0.2) is 0 Å². The number of piperazine rings is 1. The van der Waals surface area contributed by atoms with Crippen LogP contribution in [0.1, 0.15) is 12.8 Å². The fourth-order valence-electron chi connectivity index (χ4n) is 3.97. The number of hydrogen-bond donors (Lipinski definition) is 0. The van der Waals surface area contributed by atoms with Crippen LogP contribution in [0.25, 0.3) is 0 Å². The van der Waals surface area contributed by atoms with Gasteiger partial charge in [-0.1, -0.05) is 0 Å². The van der Waals surface area contributed by atoms with Crippen molar-refractivity contribution in [3.8, 4) is 0 Å². The SMILES string of the molecule is O=C(Cn1cnnn1)N1CCC[C@@H](N2CCN(c3ccc(F)cc3)CC2)C1. The molecular weight excluding hydrogens is 349 g/mol. The zero-order chi connectivity index (χ0) is 18.6. The number of benzene rings is 1. The van der Waals surface area contributed by atoms with E-state index in [0.29, 0.717) is 6.04 Å². The quantitative estimate of drug-likeness (QED) is 0.783. The molecule has 0 spiro atoms. The van der Waals surface area contributed by atoms with Gasteiger partial charge in [-0.05, 0) is 47.5 Å². The summed E-state index contributed by atoms with van der Waals surface area (Å²) < 4.78 is 14.6. The molecule has 0 radical (unpaired) electrons. The number of tetrazole rings is 1. The van der Waals surface area contributed by atoms with Crippen molar-refractivity contribution >= 4 is 11.6 Å². The molecule has 2 aliphatic heterocycles. The summed E-state index contributed by atoms with van der Waals surface area (Å²) in [5.74, 6) is -0.136. The van der Waals surface area contributed by atoms with Crippen molar-refractivity contribution < 1.29 is 9.18 Å². The van der Waals surface area contributed by atoms with Gasteiger partial charge in [-0.3, -0.25) is 9.69 Å². The highest BCUT2D eigenvalue weighted by Gasteiger charge is 2.30. The zero-order valence-electron chi connectivity index (χ0n) is 15.2. The largest absolute Gasteiger partial charge is 0.369 e. The van der Waals surface area contributed by atoms with Gasteiger partial charge in [-0.2, -0.15) is 0 Å². The Morgan fingerprint density at radius 1 is 1.11 bits per heavy atom. The van der Waals surface area contributed by atoms with Crippen LogP contribution in [0.4, 0.5) is 10.1 Å². The van der Waals surface area contributed by atoms with Crippen LogP contribution in [0.15, 0.2) is 30.6 Å². The Kier molecular flexibility index (Phi) is 5.28. The lowest BCUT2D eigenvalue weighted by atomic mass is 10.0. The van der Waals surface area contributed by atoms with Gasteiger partial charge in [-0.25, -0.2) is 9.07 Å². The normalized spacial score (nSPS) is 21.4. The van der Waals surface area contributed by atoms with Crippen LogP contribution in [0.2, 0.25) is 0 Å². The number of nitrogens with zero attached hydrogens (tertiary/aromatic N) is 7. The number of carbonyl (C=O) groups is 1. The minimum absolute atomic E-state index is 0.0666. The van der Waals surface area contributed by atoms with Gasteiger partial charge >= 0.3 is 0 Å². The molecule has 1 aromatic heterocycles. The Hall–Kier alpha value is -2.55. The van der Waals surface area contributed by atoms with E-state index in [1.165, 1.54) is 23.1 Å². The topological polar surface area (TPSA) is 70.4 Å². The highest BCUT2D eigenvalue weighted by Crippen LogP contribution is 2.21. The van der Waals surface area contributed by atoms with Crippen LogP contribution in [-0.4, -0.2) is 81.2 Å². The lowest BCUT2D eigenvalue weighted by Crippen LogP contribution is -2.56. The summed E-state index contributed by atoms with van der Waals surface area (Å²) in [7, 11) is 0. The van der Waals surface area contributed by atoms with Crippen molar-refractivity contribution in [2.24, 2.45) is 0 Å². The number of hydrogen-bond acceptors (Lipinski definition) is 6. The number of aromatic nitrogens is 4. The first kappa shape index (κ1) is 17.8. The van der Waals surface area contributed by atoms with Crippen LogP contribution in [-0.2, 0) is 11.3 Å². The highest BCUT2D eigenvalue weighted by molar-refractivity contribution is 5.76. The van der Waals surface area contributed by atoms with E-state index in [4.69, 9.17) is 0 Å². The van der Waals surface area contributed by atoms with Crippen molar-refractivity contribution in [2.45, 2.75) is 25.4 Å². The van der Waals surface area contributed by atoms with Crippen LogP contribution in [0.3, 0.4) is 0 Å². The minimum Gasteiger partial charge on any atom is -0.369 e. The molecule has 2 aliphatic rings. The lowest BCUT2D eigenvalue weighted by Gasteiger charge is -2.44.